The van der Waals surface area contributed by atoms with Crippen LogP contribution in [0.5, 0.6) is 11.5 Å². The molecular weight excluding hydrogens is 306 g/mol. The zero-order valence-corrected chi connectivity index (χ0v) is 12.6. The molecule has 0 saturated heterocycles. The van der Waals surface area contributed by atoms with Crippen LogP contribution in [0.1, 0.15) is 5.56 Å². The Bertz CT molecular complexity index is 700. The number of hydrogen-bond donors (Lipinski definition) is 1. The molecule has 0 spiro atoms. The van der Waals surface area contributed by atoms with Crippen LogP contribution in [0.15, 0.2) is 47.5 Å². The van der Waals surface area contributed by atoms with E-state index < -0.39 is 12.6 Å². The lowest BCUT2D eigenvalue weighted by molar-refractivity contribution is -0.139. The topological polar surface area (TPSA) is 68.1 Å². The number of carboxylic acid groups (broad SMARTS) is 1. The van der Waals surface area contributed by atoms with E-state index in [-0.39, 0.29) is 0 Å². The molecule has 0 aromatic heterocycles. The van der Waals surface area contributed by atoms with Gasteiger partial charge in [0.25, 0.3) is 0 Å². The van der Waals surface area contributed by atoms with Crippen LogP contribution >= 0.6 is 11.6 Å². The largest absolute Gasteiger partial charge is 0.497 e. The van der Waals surface area contributed by atoms with Crippen molar-refractivity contribution in [1.29, 1.82) is 0 Å². The van der Waals surface area contributed by atoms with Gasteiger partial charge in [0.2, 0.25) is 0 Å². The number of methoxy groups -OCH3 is 1. The van der Waals surface area contributed by atoms with Crippen molar-refractivity contribution in [2.45, 2.75) is 0 Å². The standard InChI is InChI=1S/C16H14ClNO4/c1-21-13-4-2-3-12(8-13)18-9-11-5-6-15(14(17)7-11)22-10-16(19)20/h2-9H,10H2,1H3,(H,19,20). The number of benzene rings is 2. The van der Waals surface area contributed by atoms with E-state index in [9.17, 15) is 4.79 Å². The first kappa shape index (κ1) is 15.9. The van der Waals surface area contributed by atoms with E-state index in [0.29, 0.717) is 10.8 Å². The minimum absolute atomic E-state index is 0.322. The third-order valence-electron chi connectivity index (χ3n) is 2.72. The fraction of sp³-hybridized carbons (Fsp3) is 0.125. The molecular formula is C16H14ClNO4. The van der Waals surface area contributed by atoms with E-state index in [2.05, 4.69) is 4.99 Å². The fourth-order valence-electron chi connectivity index (χ4n) is 1.69. The molecule has 0 aliphatic heterocycles. The number of carbonyl (C=O) groups is 1. The van der Waals surface area contributed by atoms with E-state index in [1.807, 2.05) is 24.3 Å². The van der Waals surface area contributed by atoms with Gasteiger partial charge in [0, 0.05) is 12.3 Å². The van der Waals surface area contributed by atoms with Crippen molar-refractivity contribution in [1.82, 2.24) is 0 Å². The molecule has 0 aliphatic carbocycles. The smallest absolute Gasteiger partial charge is 0.341 e. The Hall–Kier alpha value is -2.53. The number of ether oxygens (including phenoxy) is 2. The van der Waals surface area contributed by atoms with Gasteiger partial charge in [-0.3, -0.25) is 4.99 Å². The monoisotopic (exact) mass is 319 g/mol. The average Bonchev–Trinajstić information content (AvgIpc) is 2.52. The van der Waals surface area contributed by atoms with Crippen molar-refractivity contribution in [2.75, 3.05) is 13.7 Å². The predicted octanol–water partition coefficient (Wildman–Crippen LogP) is 3.56. The van der Waals surface area contributed by atoms with Crippen molar-refractivity contribution in [3.63, 3.8) is 0 Å². The molecule has 22 heavy (non-hydrogen) atoms. The van der Waals surface area contributed by atoms with Crippen molar-refractivity contribution < 1.29 is 19.4 Å². The SMILES string of the molecule is COc1cccc(N=Cc2ccc(OCC(=O)O)c(Cl)c2)c1. The van der Waals surface area contributed by atoms with Crippen LogP contribution < -0.4 is 9.47 Å². The van der Waals surface area contributed by atoms with E-state index in [4.69, 9.17) is 26.2 Å². The molecule has 0 amide bonds. The lowest BCUT2D eigenvalue weighted by Gasteiger charge is -2.06. The molecule has 5 nitrogen and oxygen atoms in total. The number of aliphatic imine (C=N–C) groups is 1. The van der Waals surface area contributed by atoms with E-state index >= 15 is 0 Å². The second-order valence-electron chi connectivity index (χ2n) is 4.33. The second-order valence-corrected chi connectivity index (χ2v) is 4.74. The average molecular weight is 320 g/mol. The summed E-state index contributed by atoms with van der Waals surface area (Å²) in [4.78, 5) is 14.8. The van der Waals surface area contributed by atoms with Gasteiger partial charge in [0.1, 0.15) is 11.5 Å². The summed E-state index contributed by atoms with van der Waals surface area (Å²) in [7, 11) is 1.60. The highest BCUT2D eigenvalue weighted by atomic mass is 35.5. The zero-order chi connectivity index (χ0) is 15.9. The molecule has 0 aliphatic rings. The Morgan fingerprint density at radius 2 is 2.14 bits per heavy atom. The van der Waals surface area contributed by atoms with Gasteiger partial charge in [0.15, 0.2) is 6.61 Å². The molecule has 2 aromatic carbocycles. The van der Waals surface area contributed by atoms with Crippen LogP contribution in [0.4, 0.5) is 5.69 Å². The van der Waals surface area contributed by atoms with E-state index in [1.165, 1.54) is 0 Å². The van der Waals surface area contributed by atoms with E-state index in [1.54, 1.807) is 31.5 Å². The Labute approximate surface area is 132 Å². The molecule has 0 radical (unpaired) electrons. The molecule has 0 heterocycles. The first-order valence-corrected chi connectivity index (χ1v) is 6.78. The van der Waals surface area contributed by atoms with Crippen LogP contribution in [0.2, 0.25) is 5.02 Å². The number of hydrogen-bond acceptors (Lipinski definition) is 4. The minimum atomic E-state index is -1.06. The highest BCUT2D eigenvalue weighted by Gasteiger charge is 2.04. The fourth-order valence-corrected chi connectivity index (χ4v) is 1.94. The molecule has 0 atom stereocenters. The van der Waals surface area contributed by atoms with Crippen molar-refractivity contribution in [3.8, 4) is 11.5 Å². The van der Waals surface area contributed by atoms with Crippen LogP contribution in [0.3, 0.4) is 0 Å². The highest BCUT2D eigenvalue weighted by molar-refractivity contribution is 6.32. The van der Waals surface area contributed by atoms with Crippen LogP contribution in [-0.4, -0.2) is 31.0 Å². The summed E-state index contributed by atoms with van der Waals surface area (Å²) in [5, 5.41) is 8.90. The first-order valence-electron chi connectivity index (χ1n) is 6.41. The maximum absolute atomic E-state index is 10.5. The van der Waals surface area contributed by atoms with Gasteiger partial charge in [-0.1, -0.05) is 17.7 Å². The van der Waals surface area contributed by atoms with Crippen LogP contribution in [0.25, 0.3) is 0 Å². The molecule has 0 unspecified atom stereocenters. The Kier molecular flexibility index (Phi) is 5.38. The normalized spacial score (nSPS) is 10.6. The lowest BCUT2D eigenvalue weighted by atomic mass is 10.2. The molecule has 1 N–H and O–H groups in total. The van der Waals surface area contributed by atoms with Crippen LogP contribution in [0, 0.1) is 0 Å². The molecule has 114 valence electrons. The van der Waals surface area contributed by atoms with Crippen molar-refractivity contribution in [2.24, 2.45) is 4.99 Å². The van der Waals surface area contributed by atoms with Crippen molar-refractivity contribution in [3.05, 3.63) is 53.1 Å². The maximum Gasteiger partial charge on any atom is 0.341 e. The third kappa shape index (κ3) is 4.49. The Morgan fingerprint density at radius 3 is 2.82 bits per heavy atom. The predicted molar refractivity (Wildman–Crippen MR) is 84.8 cm³/mol. The molecule has 0 fully saturated rings. The van der Waals surface area contributed by atoms with Gasteiger partial charge in [0.05, 0.1) is 17.8 Å². The van der Waals surface area contributed by atoms with Gasteiger partial charge in [-0.05, 0) is 35.9 Å². The Balaban J connectivity index is 2.11. The number of aliphatic carboxylic acids is 1. The molecule has 0 bridgehead atoms. The summed E-state index contributed by atoms with van der Waals surface area (Å²) in [5.41, 5.74) is 1.53. The van der Waals surface area contributed by atoms with Gasteiger partial charge in [-0.2, -0.15) is 0 Å². The Morgan fingerprint density at radius 1 is 1.32 bits per heavy atom. The summed E-state index contributed by atoms with van der Waals surface area (Å²) in [6.07, 6.45) is 1.65. The quantitative estimate of drug-likeness (QED) is 0.827. The summed E-state index contributed by atoms with van der Waals surface area (Å²) >= 11 is 6.04. The highest BCUT2D eigenvalue weighted by Crippen LogP contribution is 2.25. The summed E-state index contributed by atoms with van der Waals surface area (Å²) < 4.78 is 10.2. The van der Waals surface area contributed by atoms with Crippen LogP contribution in [-0.2, 0) is 4.79 Å². The van der Waals surface area contributed by atoms with Gasteiger partial charge in [-0.15, -0.1) is 0 Å². The zero-order valence-electron chi connectivity index (χ0n) is 11.8. The number of rotatable bonds is 6. The second kappa shape index (κ2) is 7.47. The molecule has 0 saturated carbocycles. The van der Waals surface area contributed by atoms with Gasteiger partial charge in [-0.25, -0.2) is 4.79 Å². The third-order valence-corrected chi connectivity index (χ3v) is 3.02. The molecule has 6 heteroatoms. The first-order chi connectivity index (χ1) is 10.6. The number of nitrogens with zero attached hydrogens (tertiary/aromatic N) is 1. The van der Waals surface area contributed by atoms with Gasteiger partial charge < -0.3 is 14.6 Å². The summed E-state index contributed by atoms with van der Waals surface area (Å²) in [6, 6.07) is 12.4. The van der Waals surface area contributed by atoms with Crippen molar-refractivity contribution >= 4 is 29.5 Å². The number of carboxylic acids is 1. The summed E-state index contributed by atoms with van der Waals surface area (Å²) in [6.45, 7) is -0.434. The summed E-state index contributed by atoms with van der Waals surface area (Å²) in [5.74, 6) is -0.00701. The maximum atomic E-state index is 10.5. The van der Waals surface area contributed by atoms with Gasteiger partial charge >= 0.3 is 5.97 Å². The van der Waals surface area contributed by atoms with E-state index in [0.717, 1.165) is 17.0 Å². The molecule has 2 aromatic rings. The minimum Gasteiger partial charge on any atom is -0.497 e. The molecule has 2 rings (SSSR count). The number of halogens is 1. The lowest BCUT2D eigenvalue weighted by Crippen LogP contribution is -2.09.